The first-order chi connectivity index (χ1) is 14.4. The highest BCUT2D eigenvalue weighted by molar-refractivity contribution is 6.07. The summed E-state index contributed by atoms with van der Waals surface area (Å²) in [5.74, 6) is -0.512. The molecule has 0 bridgehead atoms. The summed E-state index contributed by atoms with van der Waals surface area (Å²) in [6, 6.07) is 11.4. The molecule has 2 heterocycles. The van der Waals surface area contributed by atoms with E-state index in [1.165, 1.54) is 6.92 Å². The number of aromatic nitrogens is 2. The van der Waals surface area contributed by atoms with Gasteiger partial charge in [-0.2, -0.15) is 5.10 Å². The van der Waals surface area contributed by atoms with Crippen LogP contribution in [0.2, 0.25) is 0 Å². The number of rotatable bonds is 4. The van der Waals surface area contributed by atoms with Crippen molar-refractivity contribution in [2.75, 3.05) is 10.6 Å². The summed E-state index contributed by atoms with van der Waals surface area (Å²) in [5.41, 5.74) is 3.70. The molecule has 30 heavy (non-hydrogen) atoms. The van der Waals surface area contributed by atoms with Crippen molar-refractivity contribution in [1.82, 2.24) is 20.8 Å². The highest BCUT2D eigenvalue weighted by atomic mass is 16.2. The summed E-state index contributed by atoms with van der Waals surface area (Å²) >= 11 is 0. The fourth-order valence-corrected chi connectivity index (χ4v) is 3.43. The molecule has 4 rings (SSSR count). The van der Waals surface area contributed by atoms with Crippen molar-refractivity contribution in [2.45, 2.75) is 19.9 Å². The molecule has 1 aliphatic rings. The van der Waals surface area contributed by atoms with Crippen LogP contribution in [0.25, 0.3) is 10.9 Å². The predicted octanol–water partition coefficient (Wildman–Crippen LogP) is 2.79. The third kappa shape index (κ3) is 3.86. The van der Waals surface area contributed by atoms with Gasteiger partial charge >= 0.3 is 6.03 Å². The highest BCUT2D eigenvalue weighted by Crippen LogP contribution is 2.29. The van der Waals surface area contributed by atoms with Crippen molar-refractivity contribution < 1.29 is 14.4 Å². The Morgan fingerprint density at radius 2 is 1.77 bits per heavy atom. The second-order valence-corrected chi connectivity index (χ2v) is 7.00. The topological polar surface area (TPSA) is 128 Å². The summed E-state index contributed by atoms with van der Waals surface area (Å²) in [7, 11) is 0. The second-order valence-electron chi connectivity index (χ2n) is 7.00. The first-order valence-corrected chi connectivity index (χ1v) is 9.31. The number of anilines is 2. The summed E-state index contributed by atoms with van der Waals surface area (Å²) < 4.78 is 0. The number of carbonyl (C=O) groups is 3. The molecule has 0 saturated carbocycles. The van der Waals surface area contributed by atoms with Crippen LogP contribution in [0, 0.1) is 0 Å². The summed E-state index contributed by atoms with van der Waals surface area (Å²) in [5, 5.41) is 18.7. The lowest BCUT2D eigenvalue weighted by Gasteiger charge is -2.28. The Kier molecular flexibility index (Phi) is 4.93. The average molecular weight is 404 g/mol. The van der Waals surface area contributed by atoms with Crippen molar-refractivity contribution >= 4 is 40.1 Å². The van der Waals surface area contributed by atoms with Crippen LogP contribution in [0.4, 0.5) is 16.2 Å². The maximum absolute atomic E-state index is 13.1. The van der Waals surface area contributed by atoms with Crippen molar-refractivity contribution in [1.29, 1.82) is 0 Å². The van der Waals surface area contributed by atoms with Gasteiger partial charge in [-0.15, -0.1) is 0 Å². The molecule has 0 radical (unpaired) electrons. The van der Waals surface area contributed by atoms with Gasteiger partial charge in [-0.05, 0) is 42.8 Å². The Morgan fingerprint density at radius 1 is 1.03 bits per heavy atom. The molecular formula is C21H20N6O3. The number of H-pyrrole nitrogens is 1. The molecule has 5 N–H and O–H groups in total. The summed E-state index contributed by atoms with van der Waals surface area (Å²) in [4.78, 5) is 36.4. The summed E-state index contributed by atoms with van der Waals surface area (Å²) in [6.45, 7) is 3.11. The molecule has 0 fully saturated rings. The number of fused-ring (bicyclic) bond motifs is 1. The lowest BCUT2D eigenvalue weighted by molar-refractivity contribution is -0.114. The van der Waals surface area contributed by atoms with Gasteiger partial charge in [0, 0.05) is 29.4 Å². The number of hydrogen-bond donors (Lipinski definition) is 5. The zero-order valence-electron chi connectivity index (χ0n) is 16.4. The fourth-order valence-electron chi connectivity index (χ4n) is 3.43. The van der Waals surface area contributed by atoms with Gasteiger partial charge in [0.25, 0.3) is 5.91 Å². The molecule has 1 aromatic heterocycles. The van der Waals surface area contributed by atoms with Crippen molar-refractivity contribution in [3.05, 3.63) is 65.5 Å². The number of allylic oxidation sites excluding steroid dienone is 1. The van der Waals surface area contributed by atoms with Gasteiger partial charge in [0.2, 0.25) is 5.91 Å². The predicted molar refractivity (Wildman–Crippen MR) is 113 cm³/mol. The fraction of sp³-hybridized carbons (Fsp3) is 0.143. The minimum atomic E-state index is -0.636. The van der Waals surface area contributed by atoms with Gasteiger partial charge in [-0.3, -0.25) is 14.7 Å². The molecule has 0 saturated heterocycles. The first kappa shape index (κ1) is 19.2. The first-order valence-electron chi connectivity index (χ1n) is 9.31. The van der Waals surface area contributed by atoms with E-state index in [2.05, 4.69) is 31.5 Å². The third-order valence-corrected chi connectivity index (χ3v) is 4.78. The van der Waals surface area contributed by atoms with Crippen LogP contribution in [-0.4, -0.2) is 28.0 Å². The van der Waals surface area contributed by atoms with Gasteiger partial charge in [0.1, 0.15) is 0 Å². The normalized spacial score (nSPS) is 16.1. The number of urea groups is 1. The van der Waals surface area contributed by atoms with Crippen LogP contribution in [0.3, 0.4) is 0 Å². The number of nitrogens with zero attached hydrogens (tertiary/aromatic N) is 1. The molecule has 9 heteroatoms. The van der Waals surface area contributed by atoms with Crippen LogP contribution in [-0.2, 0) is 9.59 Å². The van der Waals surface area contributed by atoms with E-state index in [-0.39, 0.29) is 17.8 Å². The number of amides is 4. The van der Waals surface area contributed by atoms with E-state index >= 15 is 0 Å². The minimum absolute atomic E-state index is 0.177. The Hall–Kier alpha value is -4.14. The van der Waals surface area contributed by atoms with Gasteiger partial charge in [-0.25, -0.2) is 4.79 Å². The smallest absolute Gasteiger partial charge is 0.319 e. The minimum Gasteiger partial charge on any atom is -0.327 e. The quantitative estimate of drug-likeness (QED) is 0.458. The summed E-state index contributed by atoms with van der Waals surface area (Å²) in [6.07, 6.45) is 1.68. The van der Waals surface area contributed by atoms with Crippen molar-refractivity contribution in [3.8, 4) is 0 Å². The van der Waals surface area contributed by atoms with E-state index in [1.54, 1.807) is 43.5 Å². The molecular weight excluding hydrogens is 384 g/mol. The molecule has 0 spiro atoms. The molecule has 1 unspecified atom stereocenters. The van der Waals surface area contributed by atoms with Crippen LogP contribution < -0.4 is 21.3 Å². The van der Waals surface area contributed by atoms with E-state index < -0.39 is 6.04 Å². The van der Waals surface area contributed by atoms with Crippen molar-refractivity contribution in [2.24, 2.45) is 0 Å². The lowest BCUT2D eigenvalue weighted by Crippen LogP contribution is -2.45. The van der Waals surface area contributed by atoms with Crippen LogP contribution in [0.15, 0.2) is 59.9 Å². The number of nitrogens with one attached hydrogen (secondary N) is 5. The molecule has 1 aliphatic heterocycles. The number of benzene rings is 2. The molecule has 1 atom stereocenters. The second kappa shape index (κ2) is 7.70. The van der Waals surface area contributed by atoms with Gasteiger partial charge in [0.05, 0.1) is 23.3 Å². The average Bonchev–Trinajstić information content (AvgIpc) is 3.15. The largest absolute Gasteiger partial charge is 0.327 e. The Bertz CT molecular complexity index is 1180. The van der Waals surface area contributed by atoms with E-state index in [0.29, 0.717) is 28.2 Å². The van der Waals surface area contributed by atoms with E-state index in [4.69, 9.17) is 0 Å². The Labute approximate surface area is 171 Å². The SMILES string of the molecule is CC(=O)Nc1ccc(C2NC(=O)NC(C)=C2C(=O)Nc2ccc3[nH]ncc3c2)cc1. The van der Waals surface area contributed by atoms with E-state index in [9.17, 15) is 14.4 Å². The van der Waals surface area contributed by atoms with Gasteiger partial charge < -0.3 is 21.3 Å². The standard InChI is InChI=1S/C21H20N6O3/c1-11-18(20(29)25-16-7-8-17-14(9-16)10-22-27-17)19(26-21(30)23-11)13-3-5-15(6-4-13)24-12(2)28/h3-10,19H,1-2H3,(H,22,27)(H,24,28)(H,25,29)(H2,23,26,30). The molecule has 9 nitrogen and oxygen atoms in total. The van der Waals surface area contributed by atoms with Gasteiger partial charge in [0.15, 0.2) is 0 Å². The third-order valence-electron chi connectivity index (χ3n) is 4.78. The molecule has 2 aromatic carbocycles. The van der Waals surface area contributed by atoms with Crippen LogP contribution in [0.1, 0.15) is 25.5 Å². The van der Waals surface area contributed by atoms with Crippen LogP contribution in [0.5, 0.6) is 0 Å². The number of hydrogen-bond acceptors (Lipinski definition) is 4. The maximum atomic E-state index is 13.1. The lowest BCUT2D eigenvalue weighted by atomic mass is 9.94. The Balaban J connectivity index is 1.62. The number of carbonyl (C=O) groups excluding carboxylic acids is 3. The maximum Gasteiger partial charge on any atom is 0.319 e. The zero-order chi connectivity index (χ0) is 21.3. The highest BCUT2D eigenvalue weighted by Gasteiger charge is 2.31. The van der Waals surface area contributed by atoms with E-state index in [0.717, 1.165) is 10.9 Å². The van der Waals surface area contributed by atoms with Crippen LogP contribution >= 0.6 is 0 Å². The molecule has 0 aliphatic carbocycles. The van der Waals surface area contributed by atoms with Gasteiger partial charge in [-0.1, -0.05) is 12.1 Å². The molecule has 4 amide bonds. The van der Waals surface area contributed by atoms with Crippen molar-refractivity contribution in [3.63, 3.8) is 0 Å². The molecule has 152 valence electrons. The zero-order valence-corrected chi connectivity index (χ0v) is 16.4. The molecule has 3 aromatic rings. The number of aromatic amines is 1. The van der Waals surface area contributed by atoms with E-state index in [1.807, 2.05) is 12.1 Å². The Morgan fingerprint density at radius 3 is 2.50 bits per heavy atom. The monoisotopic (exact) mass is 404 g/mol.